The number of amides is 1. The highest BCUT2D eigenvalue weighted by atomic mass is 16.5. The third kappa shape index (κ3) is 4.11. The Morgan fingerprint density at radius 2 is 2.25 bits per heavy atom. The number of anilines is 1. The lowest BCUT2D eigenvalue weighted by Crippen LogP contribution is -2.51. The molecular weight excluding hydrogens is 258 g/mol. The summed E-state index contributed by atoms with van der Waals surface area (Å²) in [6.45, 7) is 2.44. The van der Waals surface area contributed by atoms with Crippen molar-refractivity contribution in [2.45, 2.75) is 6.10 Å². The molecular formula is C14H21N3O3. The third-order valence-corrected chi connectivity index (χ3v) is 3.31. The number of benzene rings is 1. The molecule has 1 unspecified atom stereocenters. The highest BCUT2D eigenvalue weighted by molar-refractivity contribution is 5.78. The number of ether oxygens (including phenoxy) is 1. The van der Waals surface area contributed by atoms with Gasteiger partial charge in [0.15, 0.2) is 0 Å². The van der Waals surface area contributed by atoms with Crippen LogP contribution in [0.25, 0.3) is 0 Å². The van der Waals surface area contributed by atoms with E-state index < -0.39 is 6.10 Å². The third-order valence-electron chi connectivity index (χ3n) is 3.31. The predicted octanol–water partition coefficient (Wildman–Crippen LogP) is -0.218. The zero-order chi connectivity index (χ0) is 14.5. The number of hydrogen-bond donors (Lipinski definition) is 2. The molecule has 1 amide bonds. The molecule has 1 fully saturated rings. The molecule has 1 aliphatic heterocycles. The van der Waals surface area contributed by atoms with Gasteiger partial charge in [0.05, 0.1) is 6.54 Å². The summed E-state index contributed by atoms with van der Waals surface area (Å²) in [5, 5.41) is 9.96. The maximum absolute atomic E-state index is 11.6. The number of nitrogen functional groups attached to an aromatic ring is 1. The van der Waals surface area contributed by atoms with E-state index in [2.05, 4.69) is 0 Å². The van der Waals surface area contributed by atoms with E-state index in [0.29, 0.717) is 31.1 Å². The number of β-amino-alcohol motifs (C(OH)–C–C–N with tert-alkyl or cyclic N) is 1. The first-order valence-electron chi connectivity index (χ1n) is 6.67. The maximum Gasteiger partial charge on any atom is 0.236 e. The lowest BCUT2D eigenvalue weighted by molar-refractivity contribution is -0.135. The molecule has 6 nitrogen and oxygen atoms in total. The summed E-state index contributed by atoms with van der Waals surface area (Å²) < 4.78 is 5.49. The zero-order valence-electron chi connectivity index (χ0n) is 11.7. The number of likely N-dealkylation sites (N-methyl/N-ethyl adjacent to an activating group) is 1. The summed E-state index contributed by atoms with van der Waals surface area (Å²) in [6.07, 6.45) is -0.632. The topological polar surface area (TPSA) is 79.0 Å². The first kappa shape index (κ1) is 14.6. The van der Waals surface area contributed by atoms with Crippen molar-refractivity contribution in [2.75, 3.05) is 45.6 Å². The van der Waals surface area contributed by atoms with Crippen LogP contribution in [0.15, 0.2) is 24.3 Å². The second-order valence-corrected chi connectivity index (χ2v) is 5.09. The predicted molar refractivity (Wildman–Crippen MR) is 76.4 cm³/mol. The van der Waals surface area contributed by atoms with Crippen LogP contribution in [0.3, 0.4) is 0 Å². The number of nitrogens with two attached hydrogens (primary N) is 1. The van der Waals surface area contributed by atoms with Gasteiger partial charge in [0.2, 0.25) is 5.91 Å². The van der Waals surface area contributed by atoms with Gasteiger partial charge in [-0.1, -0.05) is 6.07 Å². The molecule has 20 heavy (non-hydrogen) atoms. The molecule has 6 heteroatoms. The van der Waals surface area contributed by atoms with Crippen molar-refractivity contribution >= 4 is 11.6 Å². The Kier molecular flexibility index (Phi) is 4.81. The molecule has 110 valence electrons. The second kappa shape index (κ2) is 6.58. The van der Waals surface area contributed by atoms with Crippen molar-refractivity contribution in [1.82, 2.24) is 9.80 Å². The standard InChI is InChI=1S/C14H21N3O3/c1-16-5-6-17(9-14(16)19)8-12(18)10-20-13-4-2-3-11(15)7-13/h2-4,7,12,18H,5-6,8-10,15H2,1H3. The largest absolute Gasteiger partial charge is 0.491 e. The first-order valence-corrected chi connectivity index (χ1v) is 6.67. The number of carbonyl (C=O) groups is 1. The number of rotatable bonds is 5. The molecule has 1 aromatic carbocycles. The summed E-state index contributed by atoms with van der Waals surface area (Å²) in [5.74, 6) is 0.721. The molecule has 2 rings (SSSR count). The average Bonchev–Trinajstić information content (AvgIpc) is 2.41. The van der Waals surface area contributed by atoms with Crippen LogP contribution in [0.4, 0.5) is 5.69 Å². The summed E-state index contributed by atoms with van der Waals surface area (Å²) >= 11 is 0. The molecule has 1 aromatic rings. The second-order valence-electron chi connectivity index (χ2n) is 5.09. The monoisotopic (exact) mass is 279 g/mol. The normalized spacial score (nSPS) is 18.1. The lowest BCUT2D eigenvalue weighted by Gasteiger charge is -2.32. The Morgan fingerprint density at radius 3 is 2.95 bits per heavy atom. The van der Waals surface area contributed by atoms with Crippen molar-refractivity contribution in [3.8, 4) is 5.75 Å². The minimum absolute atomic E-state index is 0.0835. The minimum atomic E-state index is -0.632. The maximum atomic E-state index is 11.6. The number of hydrogen-bond acceptors (Lipinski definition) is 5. The van der Waals surface area contributed by atoms with E-state index >= 15 is 0 Å². The molecule has 0 spiro atoms. The van der Waals surface area contributed by atoms with Gasteiger partial charge in [0.1, 0.15) is 18.5 Å². The van der Waals surface area contributed by atoms with Crippen LogP contribution < -0.4 is 10.5 Å². The highest BCUT2D eigenvalue weighted by Gasteiger charge is 2.22. The molecule has 0 aliphatic carbocycles. The van der Waals surface area contributed by atoms with Crippen LogP contribution in [-0.4, -0.2) is 66.8 Å². The molecule has 1 atom stereocenters. The molecule has 0 aromatic heterocycles. The van der Waals surface area contributed by atoms with Crippen molar-refractivity contribution in [3.05, 3.63) is 24.3 Å². The Hall–Kier alpha value is -1.79. The molecule has 0 saturated carbocycles. The van der Waals surface area contributed by atoms with Gasteiger partial charge in [-0.05, 0) is 12.1 Å². The van der Waals surface area contributed by atoms with Gasteiger partial charge in [-0.2, -0.15) is 0 Å². The van der Waals surface area contributed by atoms with E-state index in [0.717, 1.165) is 6.54 Å². The van der Waals surface area contributed by atoms with E-state index in [9.17, 15) is 9.90 Å². The fourth-order valence-corrected chi connectivity index (χ4v) is 2.11. The number of aliphatic hydroxyl groups is 1. The van der Waals surface area contributed by atoms with E-state index in [4.69, 9.17) is 10.5 Å². The van der Waals surface area contributed by atoms with Gasteiger partial charge in [0.25, 0.3) is 0 Å². The fraction of sp³-hybridized carbons (Fsp3) is 0.500. The Morgan fingerprint density at radius 1 is 1.45 bits per heavy atom. The number of nitrogens with zero attached hydrogens (tertiary/aromatic N) is 2. The van der Waals surface area contributed by atoms with Crippen LogP contribution >= 0.6 is 0 Å². The van der Waals surface area contributed by atoms with Gasteiger partial charge in [-0.15, -0.1) is 0 Å². The van der Waals surface area contributed by atoms with E-state index in [-0.39, 0.29) is 12.5 Å². The van der Waals surface area contributed by atoms with Crippen molar-refractivity contribution in [2.24, 2.45) is 0 Å². The van der Waals surface area contributed by atoms with E-state index in [1.54, 1.807) is 36.2 Å². The quantitative estimate of drug-likeness (QED) is 0.729. The summed E-state index contributed by atoms with van der Waals surface area (Å²) in [7, 11) is 1.79. The van der Waals surface area contributed by atoms with Gasteiger partial charge in [-0.25, -0.2) is 0 Å². The van der Waals surface area contributed by atoms with E-state index in [1.165, 1.54) is 0 Å². The van der Waals surface area contributed by atoms with Gasteiger partial charge in [-0.3, -0.25) is 9.69 Å². The number of carbonyl (C=O) groups excluding carboxylic acids is 1. The van der Waals surface area contributed by atoms with Crippen LogP contribution in [-0.2, 0) is 4.79 Å². The van der Waals surface area contributed by atoms with E-state index in [1.807, 2.05) is 4.90 Å². The molecule has 1 aliphatic rings. The van der Waals surface area contributed by atoms with Crippen molar-refractivity contribution < 1.29 is 14.6 Å². The Labute approximate surface area is 118 Å². The fourth-order valence-electron chi connectivity index (χ4n) is 2.11. The Balaban J connectivity index is 1.75. The number of piperazine rings is 1. The molecule has 1 heterocycles. The highest BCUT2D eigenvalue weighted by Crippen LogP contribution is 2.14. The average molecular weight is 279 g/mol. The molecule has 0 bridgehead atoms. The lowest BCUT2D eigenvalue weighted by atomic mass is 10.2. The first-order chi connectivity index (χ1) is 9.54. The van der Waals surface area contributed by atoms with Crippen LogP contribution in [0.2, 0.25) is 0 Å². The van der Waals surface area contributed by atoms with Crippen molar-refractivity contribution in [3.63, 3.8) is 0 Å². The van der Waals surface area contributed by atoms with Gasteiger partial charge < -0.3 is 20.5 Å². The van der Waals surface area contributed by atoms with Crippen LogP contribution in [0.5, 0.6) is 5.75 Å². The summed E-state index contributed by atoms with van der Waals surface area (Å²) in [4.78, 5) is 15.2. The summed E-state index contributed by atoms with van der Waals surface area (Å²) in [6, 6.07) is 7.09. The Bertz CT molecular complexity index is 467. The molecule has 3 N–H and O–H groups in total. The molecule has 1 saturated heterocycles. The van der Waals surface area contributed by atoms with Crippen LogP contribution in [0, 0.1) is 0 Å². The number of aliphatic hydroxyl groups excluding tert-OH is 1. The smallest absolute Gasteiger partial charge is 0.236 e. The molecule has 0 radical (unpaired) electrons. The summed E-state index contributed by atoms with van der Waals surface area (Å²) in [5.41, 5.74) is 6.28. The van der Waals surface area contributed by atoms with Gasteiger partial charge in [0, 0.05) is 38.4 Å². The van der Waals surface area contributed by atoms with Crippen molar-refractivity contribution in [1.29, 1.82) is 0 Å². The van der Waals surface area contributed by atoms with Gasteiger partial charge >= 0.3 is 0 Å². The zero-order valence-corrected chi connectivity index (χ0v) is 11.7. The minimum Gasteiger partial charge on any atom is -0.491 e. The SMILES string of the molecule is CN1CCN(CC(O)COc2cccc(N)c2)CC1=O. The van der Waals surface area contributed by atoms with Crippen LogP contribution in [0.1, 0.15) is 0 Å².